The summed E-state index contributed by atoms with van der Waals surface area (Å²) in [5, 5.41) is 11.3. The number of nitrogens with zero attached hydrogens (tertiary/aromatic N) is 1. The van der Waals surface area contributed by atoms with Crippen LogP contribution in [-0.2, 0) is 26.2 Å². The number of ether oxygens (including phenoxy) is 3. The van der Waals surface area contributed by atoms with Gasteiger partial charge in [0.25, 0.3) is 5.69 Å². The van der Waals surface area contributed by atoms with E-state index in [1.54, 1.807) is 6.07 Å². The van der Waals surface area contributed by atoms with Gasteiger partial charge in [-0.1, -0.05) is 18.2 Å². The molecule has 0 saturated heterocycles. The molecule has 0 aliphatic rings. The maximum Gasteiger partial charge on any atom is 0.387 e. The van der Waals surface area contributed by atoms with Gasteiger partial charge in [-0.2, -0.15) is 13.5 Å². The minimum Gasteiger partial charge on any atom is -0.493 e. The van der Waals surface area contributed by atoms with Crippen LogP contribution in [0, 0.1) is 10.1 Å². The summed E-state index contributed by atoms with van der Waals surface area (Å²) in [6.07, 6.45) is 0. The minimum atomic E-state index is -4.00. The number of hydrogen-bond acceptors (Lipinski definition) is 8. The molecule has 31 heavy (non-hydrogen) atoms. The largest absolute Gasteiger partial charge is 0.493 e. The quantitative estimate of drug-likeness (QED) is 0.325. The fourth-order valence-corrected chi connectivity index (χ4v) is 3.66. The Morgan fingerprint density at radius 2 is 1.84 bits per heavy atom. The Morgan fingerprint density at radius 3 is 2.39 bits per heavy atom. The molecule has 168 valence electrons. The van der Waals surface area contributed by atoms with E-state index in [4.69, 9.17) is 9.47 Å². The molecular weight excluding hydrogens is 442 g/mol. The minimum absolute atomic E-state index is 0.0651. The third kappa shape index (κ3) is 6.33. The van der Waals surface area contributed by atoms with Gasteiger partial charge in [-0.05, 0) is 25.1 Å². The summed E-state index contributed by atoms with van der Waals surface area (Å²) in [7, 11) is -2.87. The highest BCUT2D eigenvalue weighted by molar-refractivity contribution is 7.89. The molecule has 13 heteroatoms. The Balaban J connectivity index is 2.15. The van der Waals surface area contributed by atoms with E-state index in [0.29, 0.717) is 0 Å². The van der Waals surface area contributed by atoms with Crippen LogP contribution in [0.4, 0.5) is 14.5 Å². The fraction of sp³-hybridized carbons (Fsp3) is 0.278. The zero-order chi connectivity index (χ0) is 23.2. The number of nitro benzene ring substituents is 1. The first-order chi connectivity index (χ1) is 14.5. The average molecular weight is 460 g/mol. The van der Waals surface area contributed by atoms with Crippen molar-refractivity contribution in [3.8, 4) is 11.5 Å². The molecule has 0 spiro atoms. The van der Waals surface area contributed by atoms with Crippen LogP contribution >= 0.6 is 0 Å². The molecule has 2 aromatic carbocycles. The molecule has 0 saturated carbocycles. The van der Waals surface area contributed by atoms with Gasteiger partial charge in [0.2, 0.25) is 10.0 Å². The molecule has 2 aromatic rings. The van der Waals surface area contributed by atoms with E-state index in [0.717, 1.165) is 19.2 Å². The molecule has 0 fully saturated rings. The van der Waals surface area contributed by atoms with Crippen molar-refractivity contribution in [2.24, 2.45) is 0 Å². The number of nitrogens with one attached hydrogen (secondary N) is 1. The topological polar surface area (TPSA) is 134 Å². The van der Waals surface area contributed by atoms with Gasteiger partial charge in [0.15, 0.2) is 11.5 Å². The van der Waals surface area contributed by atoms with E-state index in [1.165, 1.54) is 31.2 Å². The van der Waals surface area contributed by atoms with Crippen molar-refractivity contribution in [2.45, 2.75) is 31.1 Å². The van der Waals surface area contributed by atoms with Crippen molar-refractivity contribution in [1.82, 2.24) is 4.72 Å². The predicted molar refractivity (Wildman–Crippen MR) is 102 cm³/mol. The highest BCUT2D eigenvalue weighted by atomic mass is 32.2. The number of methoxy groups -OCH3 is 1. The molecule has 2 rings (SSSR count). The SMILES string of the molecule is COc1cc(COC(=O)[C@H](C)NS(=O)(=O)c2ccccc2)c([N+](=O)[O-])cc1OC(F)F. The first-order valence-electron chi connectivity index (χ1n) is 8.59. The van der Waals surface area contributed by atoms with E-state index < -0.39 is 51.6 Å². The lowest BCUT2D eigenvalue weighted by Gasteiger charge is -2.15. The molecule has 0 bridgehead atoms. The van der Waals surface area contributed by atoms with Gasteiger partial charge in [-0.15, -0.1) is 0 Å². The van der Waals surface area contributed by atoms with Gasteiger partial charge in [0, 0.05) is 0 Å². The number of esters is 1. The molecule has 0 amide bonds. The fourth-order valence-electron chi connectivity index (χ4n) is 2.45. The average Bonchev–Trinajstić information content (AvgIpc) is 2.71. The lowest BCUT2D eigenvalue weighted by molar-refractivity contribution is -0.386. The number of benzene rings is 2. The first kappa shape index (κ1) is 24.0. The lowest BCUT2D eigenvalue weighted by atomic mass is 10.1. The van der Waals surface area contributed by atoms with E-state index in [-0.39, 0.29) is 16.2 Å². The van der Waals surface area contributed by atoms with Crippen LogP contribution in [0.25, 0.3) is 0 Å². The van der Waals surface area contributed by atoms with Crippen LogP contribution in [0.15, 0.2) is 47.4 Å². The second-order valence-corrected chi connectivity index (χ2v) is 7.75. The van der Waals surface area contributed by atoms with Crippen LogP contribution in [0.1, 0.15) is 12.5 Å². The van der Waals surface area contributed by atoms with E-state index in [9.17, 15) is 32.1 Å². The second-order valence-electron chi connectivity index (χ2n) is 6.03. The zero-order valence-corrected chi connectivity index (χ0v) is 17.1. The molecule has 0 aliphatic heterocycles. The van der Waals surface area contributed by atoms with Crippen molar-refractivity contribution < 1.29 is 41.1 Å². The summed E-state index contributed by atoms with van der Waals surface area (Å²) in [6.45, 7) is -2.65. The number of carbonyl (C=O) groups is 1. The van der Waals surface area contributed by atoms with Gasteiger partial charge < -0.3 is 14.2 Å². The Bertz CT molecular complexity index is 1050. The Morgan fingerprint density at radius 1 is 1.19 bits per heavy atom. The number of halogens is 2. The molecule has 0 aliphatic carbocycles. The summed E-state index contributed by atoms with van der Waals surface area (Å²) in [5.74, 6) is -1.82. The Kier molecular flexibility index (Phi) is 7.83. The predicted octanol–water partition coefficient (Wildman–Crippen LogP) is 2.62. The van der Waals surface area contributed by atoms with Gasteiger partial charge in [-0.25, -0.2) is 8.42 Å². The molecular formula is C18H18F2N2O8S. The Hall–Kier alpha value is -3.32. The molecule has 0 unspecified atom stereocenters. The van der Waals surface area contributed by atoms with Gasteiger partial charge in [-0.3, -0.25) is 14.9 Å². The van der Waals surface area contributed by atoms with E-state index in [1.807, 2.05) is 0 Å². The number of sulfonamides is 1. The molecule has 10 nitrogen and oxygen atoms in total. The van der Waals surface area contributed by atoms with Gasteiger partial charge >= 0.3 is 12.6 Å². The summed E-state index contributed by atoms with van der Waals surface area (Å²) < 4.78 is 65.7. The number of alkyl halides is 2. The Labute approximate surface area is 175 Å². The number of rotatable bonds is 10. The highest BCUT2D eigenvalue weighted by Gasteiger charge is 2.26. The van der Waals surface area contributed by atoms with Crippen molar-refractivity contribution in [3.63, 3.8) is 0 Å². The van der Waals surface area contributed by atoms with Crippen LogP contribution in [-0.4, -0.2) is 39.1 Å². The van der Waals surface area contributed by atoms with Crippen molar-refractivity contribution in [1.29, 1.82) is 0 Å². The summed E-state index contributed by atoms with van der Waals surface area (Å²) in [5.41, 5.74) is -0.822. The third-order valence-electron chi connectivity index (χ3n) is 3.89. The monoisotopic (exact) mass is 460 g/mol. The van der Waals surface area contributed by atoms with Crippen molar-refractivity contribution in [2.75, 3.05) is 7.11 Å². The second kappa shape index (κ2) is 10.1. The van der Waals surface area contributed by atoms with E-state index >= 15 is 0 Å². The number of carbonyl (C=O) groups excluding carboxylic acids is 1. The smallest absolute Gasteiger partial charge is 0.387 e. The zero-order valence-electron chi connectivity index (χ0n) is 16.3. The lowest BCUT2D eigenvalue weighted by Crippen LogP contribution is -2.39. The maximum atomic E-state index is 12.5. The van der Waals surface area contributed by atoms with Gasteiger partial charge in [0.1, 0.15) is 12.6 Å². The highest BCUT2D eigenvalue weighted by Crippen LogP contribution is 2.36. The molecule has 0 heterocycles. The number of hydrogen-bond donors (Lipinski definition) is 1. The van der Waals surface area contributed by atoms with Crippen molar-refractivity contribution in [3.05, 3.63) is 58.1 Å². The van der Waals surface area contributed by atoms with Crippen LogP contribution in [0.2, 0.25) is 0 Å². The molecule has 1 N–H and O–H groups in total. The normalized spacial score (nSPS) is 12.3. The van der Waals surface area contributed by atoms with Crippen LogP contribution < -0.4 is 14.2 Å². The summed E-state index contributed by atoms with van der Waals surface area (Å²) in [6, 6.07) is 7.72. The molecule has 0 aromatic heterocycles. The van der Waals surface area contributed by atoms with E-state index in [2.05, 4.69) is 9.46 Å². The third-order valence-corrected chi connectivity index (χ3v) is 5.44. The summed E-state index contributed by atoms with van der Waals surface area (Å²) >= 11 is 0. The summed E-state index contributed by atoms with van der Waals surface area (Å²) in [4.78, 5) is 22.5. The maximum absolute atomic E-state index is 12.5. The number of nitro groups is 1. The molecule has 1 atom stereocenters. The molecule has 0 radical (unpaired) electrons. The first-order valence-corrected chi connectivity index (χ1v) is 10.1. The van der Waals surface area contributed by atoms with Crippen molar-refractivity contribution >= 4 is 21.7 Å². The van der Waals surface area contributed by atoms with Crippen LogP contribution in [0.3, 0.4) is 0 Å². The van der Waals surface area contributed by atoms with Crippen LogP contribution in [0.5, 0.6) is 11.5 Å². The standard InChI is InChI=1S/C18H18F2N2O8S/c1-11(21-31(26,27)13-6-4-3-5-7-13)17(23)29-10-12-8-15(28-2)16(30-18(19)20)9-14(12)22(24)25/h3-9,11,18,21H,10H2,1-2H3/t11-/m0/s1. The van der Waals surface area contributed by atoms with Gasteiger partial charge in [0.05, 0.1) is 28.6 Å².